The fourth-order valence-electron chi connectivity index (χ4n) is 0.802. The Hall–Kier alpha value is -1.54. The van der Waals surface area contributed by atoms with E-state index >= 15 is 0 Å². The third kappa shape index (κ3) is 2.75. The first-order valence-electron chi connectivity index (χ1n) is 3.92. The molecule has 0 unspecified atom stereocenters. The molecule has 14 heavy (non-hydrogen) atoms. The van der Waals surface area contributed by atoms with Crippen LogP contribution in [0.3, 0.4) is 0 Å². The number of anilines is 1. The summed E-state index contributed by atoms with van der Waals surface area (Å²) in [6.45, 7) is 1.83. The highest BCUT2D eigenvalue weighted by atomic mass is 32.1. The van der Waals surface area contributed by atoms with Gasteiger partial charge in [-0.25, -0.2) is 4.98 Å². The van der Waals surface area contributed by atoms with Crippen molar-refractivity contribution in [1.82, 2.24) is 4.98 Å². The molecule has 0 aliphatic rings. The highest BCUT2D eigenvalue weighted by molar-refractivity contribution is 7.16. The van der Waals surface area contributed by atoms with Crippen LogP contribution in [-0.4, -0.2) is 18.1 Å². The van der Waals surface area contributed by atoms with Crippen LogP contribution in [0.2, 0.25) is 0 Å². The molecule has 1 heterocycles. The molecule has 0 atom stereocenters. The molecule has 74 valence electrons. The van der Waals surface area contributed by atoms with E-state index in [1.807, 2.05) is 6.92 Å². The highest BCUT2D eigenvalue weighted by Gasteiger charge is 2.01. The van der Waals surface area contributed by atoms with Crippen molar-refractivity contribution in [2.45, 2.75) is 13.3 Å². The minimum atomic E-state index is -0.340. The molecule has 0 saturated heterocycles. The van der Waals surface area contributed by atoms with Crippen molar-refractivity contribution < 1.29 is 9.53 Å². The third-order valence-corrected chi connectivity index (χ3v) is 2.38. The molecule has 0 aliphatic carbocycles. The highest BCUT2D eigenvalue weighted by Crippen LogP contribution is 2.17. The Kier molecular flexibility index (Phi) is 3.48. The maximum atomic E-state index is 10.7. The lowest BCUT2D eigenvalue weighted by atomic mass is 10.3. The second-order valence-electron chi connectivity index (χ2n) is 2.52. The molecule has 0 spiro atoms. The minimum absolute atomic E-state index is 0.0910. The summed E-state index contributed by atoms with van der Waals surface area (Å²) in [6.07, 6.45) is 0.0910. The molecule has 0 radical (unpaired) electrons. The quantitative estimate of drug-likeness (QED) is 0.553. The molecule has 1 rings (SSSR count). The van der Waals surface area contributed by atoms with Crippen LogP contribution in [0.5, 0.6) is 0 Å². The van der Waals surface area contributed by atoms with Crippen LogP contribution in [-0.2, 0) is 9.53 Å². The number of nitrogens with zero attached hydrogens (tertiary/aromatic N) is 1. The van der Waals surface area contributed by atoms with Gasteiger partial charge in [-0.1, -0.05) is 23.2 Å². The number of carbonyl (C=O) groups excluding carboxylic acids is 1. The Balaban J connectivity index is 2.68. The van der Waals surface area contributed by atoms with E-state index in [4.69, 9.17) is 5.73 Å². The fourth-order valence-corrected chi connectivity index (χ4v) is 1.51. The molecule has 0 fully saturated rings. The van der Waals surface area contributed by atoms with Crippen LogP contribution in [0.1, 0.15) is 17.0 Å². The topological polar surface area (TPSA) is 65.2 Å². The molecule has 5 heteroatoms. The van der Waals surface area contributed by atoms with Crippen LogP contribution < -0.4 is 5.73 Å². The zero-order valence-corrected chi connectivity index (χ0v) is 8.77. The number of nitrogens with two attached hydrogens (primary N) is 1. The molecular weight excluding hydrogens is 200 g/mol. The van der Waals surface area contributed by atoms with Crippen LogP contribution in [0.4, 0.5) is 5.13 Å². The standard InChI is InChI=1S/C9H10N2O2S/c1-6-7(14-9(10)11-6)4-3-5-8(12)13-2/h5H2,1-2H3,(H2,10,11). The van der Waals surface area contributed by atoms with Crippen molar-refractivity contribution in [3.63, 3.8) is 0 Å². The largest absolute Gasteiger partial charge is 0.468 e. The molecule has 0 amide bonds. The summed E-state index contributed by atoms with van der Waals surface area (Å²) >= 11 is 1.31. The van der Waals surface area contributed by atoms with Gasteiger partial charge in [0.05, 0.1) is 12.8 Å². The molecule has 0 bridgehead atoms. The molecule has 1 aromatic rings. The molecule has 0 aromatic carbocycles. The molecule has 2 N–H and O–H groups in total. The van der Waals surface area contributed by atoms with Gasteiger partial charge in [0.15, 0.2) is 5.13 Å². The average Bonchev–Trinajstić information content (AvgIpc) is 2.45. The molecule has 0 saturated carbocycles. The second-order valence-corrected chi connectivity index (χ2v) is 3.55. The van der Waals surface area contributed by atoms with Crippen molar-refractivity contribution >= 4 is 22.4 Å². The van der Waals surface area contributed by atoms with E-state index in [0.717, 1.165) is 10.6 Å². The summed E-state index contributed by atoms with van der Waals surface area (Å²) < 4.78 is 4.45. The number of hydrogen-bond acceptors (Lipinski definition) is 5. The average molecular weight is 210 g/mol. The summed E-state index contributed by atoms with van der Waals surface area (Å²) in [5, 5.41) is 0.491. The van der Waals surface area contributed by atoms with Gasteiger partial charge < -0.3 is 10.5 Å². The second kappa shape index (κ2) is 4.63. The Bertz CT molecular complexity index is 401. The molecular formula is C9H10N2O2S. The van der Waals surface area contributed by atoms with Gasteiger partial charge in [-0.05, 0) is 6.92 Å². The van der Waals surface area contributed by atoms with Gasteiger partial charge in [0.25, 0.3) is 0 Å². The van der Waals surface area contributed by atoms with Gasteiger partial charge in [0.2, 0.25) is 0 Å². The predicted octanol–water partition coefficient (Wildman–Crippen LogP) is 0.948. The minimum Gasteiger partial charge on any atom is -0.468 e. The number of methoxy groups -OCH3 is 1. The lowest BCUT2D eigenvalue weighted by molar-refractivity contribution is -0.139. The first-order valence-corrected chi connectivity index (χ1v) is 4.73. The summed E-state index contributed by atoms with van der Waals surface area (Å²) in [5.74, 6) is 5.18. The zero-order chi connectivity index (χ0) is 10.6. The monoisotopic (exact) mass is 210 g/mol. The normalized spacial score (nSPS) is 9.00. The summed E-state index contributed by atoms with van der Waals surface area (Å²) in [4.78, 5) is 15.5. The van der Waals surface area contributed by atoms with Gasteiger partial charge in [0.1, 0.15) is 11.3 Å². The summed E-state index contributed by atoms with van der Waals surface area (Å²) in [6, 6.07) is 0. The van der Waals surface area contributed by atoms with E-state index in [9.17, 15) is 4.79 Å². The van der Waals surface area contributed by atoms with Crippen molar-refractivity contribution in [2.75, 3.05) is 12.8 Å². The van der Waals surface area contributed by atoms with Crippen molar-refractivity contribution in [3.8, 4) is 11.8 Å². The van der Waals surface area contributed by atoms with Gasteiger partial charge in [-0.15, -0.1) is 0 Å². The summed E-state index contributed by atoms with van der Waals surface area (Å²) in [7, 11) is 1.33. The van der Waals surface area contributed by atoms with Gasteiger partial charge in [0, 0.05) is 0 Å². The molecule has 1 aromatic heterocycles. The number of aryl methyl sites for hydroxylation is 1. The number of hydrogen-bond donors (Lipinski definition) is 1. The SMILES string of the molecule is COC(=O)CC#Cc1sc(N)nc1C. The van der Waals surface area contributed by atoms with E-state index in [2.05, 4.69) is 21.6 Å². The van der Waals surface area contributed by atoms with Gasteiger partial charge in [-0.3, -0.25) is 4.79 Å². The lowest BCUT2D eigenvalue weighted by Crippen LogP contribution is -1.96. The van der Waals surface area contributed by atoms with Crippen molar-refractivity contribution in [2.24, 2.45) is 0 Å². The number of esters is 1. The number of nitrogen functional groups attached to an aromatic ring is 1. The van der Waals surface area contributed by atoms with Crippen LogP contribution in [0, 0.1) is 18.8 Å². The number of carbonyl (C=O) groups is 1. The molecule has 4 nitrogen and oxygen atoms in total. The number of ether oxygens (including phenoxy) is 1. The van der Waals surface area contributed by atoms with Crippen molar-refractivity contribution in [1.29, 1.82) is 0 Å². The van der Waals surface area contributed by atoms with E-state index in [1.165, 1.54) is 18.4 Å². The molecule has 0 aliphatic heterocycles. The smallest absolute Gasteiger partial charge is 0.317 e. The Morgan fingerprint density at radius 3 is 2.93 bits per heavy atom. The van der Waals surface area contributed by atoms with E-state index < -0.39 is 0 Å². The zero-order valence-electron chi connectivity index (χ0n) is 7.96. The van der Waals surface area contributed by atoms with Crippen LogP contribution >= 0.6 is 11.3 Å². The maximum Gasteiger partial charge on any atom is 0.317 e. The number of aromatic nitrogens is 1. The third-order valence-electron chi connectivity index (χ3n) is 1.48. The van der Waals surface area contributed by atoms with E-state index in [0.29, 0.717) is 5.13 Å². The Morgan fingerprint density at radius 1 is 1.71 bits per heavy atom. The van der Waals surface area contributed by atoms with E-state index in [1.54, 1.807) is 0 Å². The maximum absolute atomic E-state index is 10.7. The van der Waals surface area contributed by atoms with E-state index in [-0.39, 0.29) is 12.4 Å². The summed E-state index contributed by atoms with van der Waals surface area (Å²) in [5.41, 5.74) is 6.28. The van der Waals surface area contributed by atoms with Gasteiger partial charge in [-0.2, -0.15) is 0 Å². The first-order chi connectivity index (χ1) is 6.63. The number of rotatable bonds is 1. The number of thiazole rings is 1. The fraction of sp³-hybridized carbons (Fsp3) is 0.333. The Labute approximate surface area is 86.1 Å². The lowest BCUT2D eigenvalue weighted by Gasteiger charge is -1.88. The van der Waals surface area contributed by atoms with Gasteiger partial charge >= 0.3 is 5.97 Å². The predicted molar refractivity (Wildman–Crippen MR) is 54.8 cm³/mol. The van der Waals surface area contributed by atoms with Crippen molar-refractivity contribution in [3.05, 3.63) is 10.6 Å². The Morgan fingerprint density at radius 2 is 2.43 bits per heavy atom. The first kappa shape index (κ1) is 10.5. The van der Waals surface area contributed by atoms with Crippen LogP contribution in [0.15, 0.2) is 0 Å². The van der Waals surface area contributed by atoms with Crippen LogP contribution in [0.25, 0.3) is 0 Å².